The van der Waals surface area contributed by atoms with E-state index in [4.69, 9.17) is 0 Å². The maximum Gasteiger partial charge on any atom is 0.253 e. The van der Waals surface area contributed by atoms with Crippen molar-refractivity contribution in [3.05, 3.63) is 35.0 Å². The van der Waals surface area contributed by atoms with Crippen LogP contribution in [0.2, 0.25) is 0 Å². The number of carbonyl (C=O) groups excluding carboxylic acids is 2. The zero-order valence-electron chi connectivity index (χ0n) is 17.2. The summed E-state index contributed by atoms with van der Waals surface area (Å²) in [5.41, 5.74) is 4.25. The van der Waals surface area contributed by atoms with Gasteiger partial charge in [0.15, 0.2) is 0 Å². The molecule has 154 valence electrons. The summed E-state index contributed by atoms with van der Waals surface area (Å²) in [6.45, 7) is 8.14. The van der Waals surface area contributed by atoms with Gasteiger partial charge >= 0.3 is 0 Å². The van der Waals surface area contributed by atoms with E-state index in [1.807, 2.05) is 28.0 Å². The molecular weight excluding hydrogens is 364 g/mol. The van der Waals surface area contributed by atoms with Gasteiger partial charge in [0.05, 0.1) is 0 Å². The van der Waals surface area contributed by atoms with Gasteiger partial charge in [-0.05, 0) is 37.6 Å². The lowest BCUT2D eigenvalue weighted by Crippen LogP contribution is -2.48. The van der Waals surface area contributed by atoms with Crippen molar-refractivity contribution in [2.24, 2.45) is 5.92 Å². The van der Waals surface area contributed by atoms with Crippen LogP contribution >= 0.6 is 0 Å². The highest BCUT2D eigenvalue weighted by Crippen LogP contribution is 2.33. The second-order valence-electron chi connectivity index (χ2n) is 8.71. The molecule has 6 heteroatoms. The zero-order chi connectivity index (χ0) is 20.0. The van der Waals surface area contributed by atoms with Gasteiger partial charge in [0.2, 0.25) is 5.91 Å². The fourth-order valence-electron chi connectivity index (χ4n) is 4.90. The molecule has 1 N–H and O–H groups in total. The number of fused-ring (bicyclic) bond motifs is 3. The number of hydrogen-bond acceptors (Lipinski definition) is 3. The first-order chi connectivity index (χ1) is 14.1. The fraction of sp³-hybridized carbons (Fsp3) is 0.565. The Morgan fingerprint density at radius 3 is 2.55 bits per heavy atom. The first-order valence-corrected chi connectivity index (χ1v) is 11.1. The van der Waals surface area contributed by atoms with Crippen LogP contribution in [0.5, 0.6) is 0 Å². The summed E-state index contributed by atoms with van der Waals surface area (Å²) in [4.78, 5) is 35.7. The predicted molar refractivity (Wildman–Crippen MR) is 113 cm³/mol. The number of amides is 2. The van der Waals surface area contributed by atoms with Crippen LogP contribution in [0.15, 0.2) is 18.2 Å². The Balaban J connectivity index is 1.38. The molecule has 1 saturated carbocycles. The molecule has 2 aromatic rings. The normalized spacial score (nSPS) is 20.6. The summed E-state index contributed by atoms with van der Waals surface area (Å²) in [5, 5.41) is 1.10. The Labute approximate surface area is 171 Å². The molecule has 0 atom stereocenters. The van der Waals surface area contributed by atoms with E-state index < -0.39 is 0 Å². The Morgan fingerprint density at radius 2 is 1.86 bits per heavy atom. The Morgan fingerprint density at radius 1 is 1.07 bits per heavy atom. The van der Waals surface area contributed by atoms with Crippen molar-refractivity contribution in [2.45, 2.75) is 39.2 Å². The van der Waals surface area contributed by atoms with Crippen molar-refractivity contribution in [2.75, 3.05) is 39.3 Å². The fourth-order valence-corrected chi connectivity index (χ4v) is 4.90. The molecule has 1 saturated heterocycles. The smallest absolute Gasteiger partial charge is 0.253 e. The summed E-state index contributed by atoms with van der Waals surface area (Å²) in [5.74, 6) is 0.675. The first kappa shape index (κ1) is 18.7. The number of hydrogen-bond donors (Lipinski definition) is 1. The van der Waals surface area contributed by atoms with Crippen LogP contribution in [0.4, 0.5) is 0 Å². The monoisotopic (exact) mass is 394 g/mol. The van der Waals surface area contributed by atoms with Crippen LogP contribution in [0.25, 0.3) is 10.9 Å². The van der Waals surface area contributed by atoms with Crippen molar-refractivity contribution >= 4 is 22.7 Å². The van der Waals surface area contributed by atoms with Gasteiger partial charge in [-0.2, -0.15) is 0 Å². The molecule has 6 nitrogen and oxygen atoms in total. The largest absolute Gasteiger partial charge is 0.358 e. The zero-order valence-corrected chi connectivity index (χ0v) is 17.2. The van der Waals surface area contributed by atoms with Crippen LogP contribution in [-0.2, 0) is 17.8 Å². The van der Waals surface area contributed by atoms with E-state index in [1.54, 1.807) is 0 Å². The highest BCUT2D eigenvalue weighted by atomic mass is 16.2. The van der Waals surface area contributed by atoms with Crippen LogP contribution < -0.4 is 0 Å². The van der Waals surface area contributed by atoms with E-state index in [0.29, 0.717) is 12.5 Å². The first-order valence-electron chi connectivity index (χ1n) is 11.1. The van der Waals surface area contributed by atoms with E-state index in [2.05, 4.69) is 16.8 Å². The number of nitrogens with one attached hydrogen (secondary N) is 1. The van der Waals surface area contributed by atoms with E-state index in [-0.39, 0.29) is 11.8 Å². The Hall–Kier alpha value is -2.34. The summed E-state index contributed by atoms with van der Waals surface area (Å²) < 4.78 is 0. The van der Waals surface area contributed by atoms with Crippen molar-refractivity contribution in [3.63, 3.8) is 0 Å². The van der Waals surface area contributed by atoms with Crippen molar-refractivity contribution in [3.8, 4) is 0 Å². The van der Waals surface area contributed by atoms with E-state index in [9.17, 15) is 9.59 Å². The topological polar surface area (TPSA) is 59.7 Å². The minimum Gasteiger partial charge on any atom is -0.358 e. The molecule has 1 aromatic carbocycles. The number of aromatic amines is 1. The molecule has 0 bridgehead atoms. The summed E-state index contributed by atoms with van der Waals surface area (Å²) in [6, 6.07) is 6.01. The van der Waals surface area contributed by atoms with Gasteiger partial charge in [0, 0.05) is 79.3 Å². The molecule has 0 unspecified atom stereocenters. The molecule has 0 spiro atoms. The van der Waals surface area contributed by atoms with Crippen molar-refractivity contribution < 1.29 is 9.59 Å². The third kappa shape index (κ3) is 3.33. The quantitative estimate of drug-likeness (QED) is 0.871. The predicted octanol–water partition coefficient (Wildman–Crippen LogP) is 2.63. The molecule has 3 aliphatic rings. The number of aromatic nitrogens is 1. The third-order valence-corrected chi connectivity index (χ3v) is 7.09. The second kappa shape index (κ2) is 7.48. The molecule has 1 aromatic heterocycles. The average Bonchev–Trinajstić information content (AvgIpc) is 3.09. The lowest BCUT2D eigenvalue weighted by atomic mass is 9.84. The molecule has 3 heterocycles. The lowest BCUT2D eigenvalue weighted by Gasteiger charge is -2.34. The van der Waals surface area contributed by atoms with Gasteiger partial charge in [0.1, 0.15) is 0 Å². The number of likely N-dealkylation sites (N-methyl/N-ethyl adjacent to an activating group) is 1. The van der Waals surface area contributed by atoms with Gasteiger partial charge < -0.3 is 19.7 Å². The SMILES string of the molecule is CCN1CCN(C(=O)c2ccc3[nH]c4c(c3c2)CN(C(=O)C2CCC2)CC4)CC1. The van der Waals surface area contributed by atoms with Crippen molar-refractivity contribution in [1.29, 1.82) is 0 Å². The highest BCUT2D eigenvalue weighted by Gasteiger charge is 2.32. The summed E-state index contributed by atoms with van der Waals surface area (Å²) >= 11 is 0. The van der Waals surface area contributed by atoms with Crippen LogP contribution in [0.3, 0.4) is 0 Å². The second-order valence-corrected chi connectivity index (χ2v) is 8.71. The molecular formula is C23H30N4O2. The Kier molecular flexibility index (Phi) is 4.82. The highest BCUT2D eigenvalue weighted by molar-refractivity contribution is 5.99. The molecule has 0 radical (unpaired) electrons. The van der Waals surface area contributed by atoms with Gasteiger partial charge in [-0.3, -0.25) is 9.59 Å². The minimum absolute atomic E-state index is 0.121. The molecule has 2 aliphatic heterocycles. The van der Waals surface area contributed by atoms with Gasteiger partial charge in [-0.15, -0.1) is 0 Å². The summed E-state index contributed by atoms with van der Waals surface area (Å²) in [6.07, 6.45) is 4.13. The number of carbonyl (C=O) groups is 2. The maximum atomic E-state index is 13.1. The maximum absolute atomic E-state index is 13.1. The van der Waals surface area contributed by atoms with E-state index in [0.717, 1.165) is 75.0 Å². The van der Waals surface area contributed by atoms with E-state index in [1.165, 1.54) is 17.7 Å². The molecule has 2 amide bonds. The number of nitrogens with zero attached hydrogens (tertiary/aromatic N) is 3. The number of benzene rings is 1. The van der Waals surface area contributed by atoms with Crippen LogP contribution in [-0.4, -0.2) is 70.8 Å². The van der Waals surface area contributed by atoms with Crippen LogP contribution in [0.1, 0.15) is 47.8 Å². The molecule has 1 aliphatic carbocycles. The van der Waals surface area contributed by atoms with E-state index >= 15 is 0 Å². The van der Waals surface area contributed by atoms with Crippen LogP contribution in [0, 0.1) is 5.92 Å². The van der Waals surface area contributed by atoms with Gasteiger partial charge in [-0.25, -0.2) is 0 Å². The lowest BCUT2D eigenvalue weighted by molar-refractivity contribution is -0.139. The summed E-state index contributed by atoms with van der Waals surface area (Å²) in [7, 11) is 0. The Bertz CT molecular complexity index is 938. The number of H-pyrrole nitrogens is 1. The van der Waals surface area contributed by atoms with Gasteiger partial charge in [0.25, 0.3) is 5.91 Å². The number of piperazine rings is 1. The standard InChI is InChI=1S/C23H30N4O2/c1-2-25-10-12-26(13-11-25)23(29)17-6-7-20-18(14-17)19-15-27(9-8-21(19)24-20)22(28)16-4-3-5-16/h6-7,14,16,24H,2-5,8-13,15H2,1H3. The third-order valence-electron chi connectivity index (χ3n) is 7.09. The molecule has 29 heavy (non-hydrogen) atoms. The van der Waals surface area contributed by atoms with Gasteiger partial charge in [-0.1, -0.05) is 13.3 Å². The molecule has 2 fully saturated rings. The van der Waals surface area contributed by atoms with Crippen molar-refractivity contribution in [1.82, 2.24) is 19.7 Å². The molecule has 5 rings (SSSR count). The average molecular weight is 395 g/mol. The minimum atomic E-state index is 0.121. The number of rotatable bonds is 3.